The molecule has 1 N–H and O–H groups in total. The predicted octanol–water partition coefficient (Wildman–Crippen LogP) is 5.51. The van der Waals surface area contributed by atoms with Crippen LogP contribution < -0.4 is 15.2 Å². The second-order valence-corrected chi connectivity index (χ2v) is 12.8. The normalized spacial score (nSPS) is 12.4. The summed E-state index contributed by atoms with van der Waals surface area (Å²) in [5.74, 6) is -1.18. The van der Waals surface area contributed by atoms with Gasteiger partial charge in [0, 0.05) is 48.4 Å². The molecule has 3 heterocycles. The van der Waals surface area contributed by atoms with Crippen molar-refractivity contribution in [3.05, 3.63) is 112 Å². The van der Waals surface area contributed by atoms with Crippen LogP contribution in [0.15, 0.2) is 88.5 Å². The summed E-state index contributed by atoms with van der Waals surface area (Å²) in [6.45, 7) is 1.78. The Labute approximate surface area is 262 Å². The first kappa shape index (κ1) is 30.6. The van der Waals surface area contributed by atoms with E-state index in [-0.39, 0.29) is 33.6 Å². The summed E-state index contributed by atoms with van der Waals surface area (Å²) in [5.41, 5.74) is 2.16. The Morgan fingerprint density at radius 1 is 0.957 bits per heavy atom. The van der Waals surface area contributed by atoms with Crippen molar-refractivity contribution in [3.63, 3.8) is 0 Å². The maximum atomic E-state index is 13.8. The van der Waals surface area contributed by atoms with Crippen molar-refractivity contribution in [1.82, 2.24) is 19.9 Å². The zero-order valence-corrected chi connectivity index (χ0v) is 25.9. The molecule has 0 radical (unpaired) electrons. The molecule has 1 amide bonds. The second kappa shape index (κ2) is 11.5. The SMILES string of the molecule is CNC(=O)c1c(-c2ccc(F)cc2)oc2cc(N(C)S(C)(=O)=O)c(-c3cnc4ncn([C@H](C)c5ccc(F)cc5)c(=O)c4c3)cc12. The zero-order chi connectivity index (χ0) is 32.9. The molecule has 0 spiro atoms. The van der Waals surface area contributed by atoms with Crippen LogP contribution in [-0.4, -0.2) is 49.2 Å². The van der Waals surface area contributed by atoms with Gasteiger partial charge >= 0.3 is 0 Å². The molecule has 0 fully saturated rings. The van der Waals surface area contributed by atoms with Gasteiger partial charge < -0.3 is 9.73 Å². The number of furan rings is 1. The lowest BCUT2D eigenvalue weighted by Crippen LogP contribution is -2.25. The fourth-order valence-corrected chi connectivity index (χ4v) is 5.82. The minimum Gasteiger partial charge on any atom is -0.455 e. The Balaban J connectivity index is 1.60. The molecule has 0 unspecified atom stereocenters. The van der Waals surface area contributed by atoms with Crippen molar-refractivity contribution in [2.24, 2.45) is 0 Å². The van der Waals surface area contributed by atoms with Gasteiger partial charge in [-0.05, 0) is 61.0 Å². The number of nitrogens with one attached hydrogen (secondary N) is 1. The molecule has 46 heavy (non-hydrogen) atoms. The molecule has 3 aromatic carbocycles. The molecule has 234 valence electrons. The van der Waals surface area contributed by atoms with Crippen molar-refractivity contribution < 1.29 is 26.4 Å². The first-order valence-corrected chi connectivity index (χ1v) is 15.9. The van der Waals surface area contributed by atoms with E-state index in [2.05, 4.69) is 15.3 Å². The van der Waals surface area contributed by atoms with E-state index in [1.165, 1.54) is 73.7 Å². The molecular weight excluding hydrogens is 616 g/mol. The number of hydrogen-bond acceptors (Lipinski definition) is 7. The van der Waals surface area contributed by atoms with Gasteiger partial charge in [0.05, 0.1) is 28.9 Å². The molecule has 0 bridgehead atoms. The molecule has 0 saturated heterocycles. The number of anilines is 1. The monoisotopic (exact) mass is 643 g/mol. The Morgan fingerprint density at radius 2 is 1.61 bits per heavy atom. The van der Waals surface area contributed by atoms with Crippen LogP contribution in [0.1, 0.15) is 28.9 Å². The summed E-state index contributed by atoms with van der Waals surface area (Å²) < 4.78 is 61.4. The van der Waals surface area contributed by atoms with E-state index in [0.717, 1.165) is 10.6 Å². The van der Waals surface area contributed by atoms with Crippen LogP contribution in [0.2, 0.25) is 0 Å². The van der Waals surface area contributed by atoms with E-state index < -0.39 is 39.2 Å². The molecule has 0 saturated carbocycles. The molecule has 6 aromatic rings. The molecule has 0 aliphatic rings. The van der Waals surface area contributed by atoms with Crippen molar-refractivity contribution in [2.45, 2.75) is 13.0 Å². The van der Waals surface area contributed by atoms with Gasteiger partial charge in [-0.3, -0.25) is 18.5 Å². The molecule has 6 rings (SSSR count). The fourth-order valence-electron chi connectivity index (χ4n) is 5.31. The van der Waals surface area contributed by atoms with Crippen LogP contribution in [0.3, 0.4) is 0 Å². The van der Waals surface area contributed by atoms with Gasteiger partial charge in [0.15, 0.2) is 5.65 Å². The third-order valence-corrected chi connectivity index (χ3v) is 9.11. The number of nitrogens with zero attached hydrogens (tertiary/aromatic N) is 4. The van der Waals surface area contributed by atoms with Gasteiger partial charge in [-0.2, -0.15) is 0 Å². The van der Waals surface area contributed by atoms with Gasteiger partial charge in [-0.25, -0.2) is 27.2 Å². The van der Waals surface area contributed by atoms with Crippen molar-refractivity contribution in [2.75, 3.05) is 24.7 Å². The molecule has 3 aromatic heterocycles. The number of amides is 1. The highest BCUT2D eigenvalue weighted by Gasteiger charge is 2.26. The summed E-state index contributed by atoms with van der Waals surface area (Å²) in [6.07, 6.45) is 3.88. The lowest BCUT2D eigenvalue weighted by atomic mass is 9.99. The minimum absolute atomic E-state index is 0.157. The first-order chi connectivity index (χ1) is 21.9. The second-order valence-electron chi connectivity index (χ2n) is 10.8. The minimum atomic E-state index is -3.79. The van der Waals surface area contributed by atoms with E-state index in [4.69, 9.17) is 4.42 Å². The van der Waals surface area contributed by atoms with Gasteiger partial charge in [0.1, 0.15) is 29.3 Å². The summed E-state index contributed by atoms with van der Waals surface area (Å²) in [4.78, 5) is 35.7. The summed E-state index contributed by atoms with van der Waals surface area (Å²) in [5, 5.41) is 3.12. The summed E-state index contributed by atoms with van der Waals surface area (Å²) >= 11 is 0. The molecule has 1 atom stereocenters. The average Bonchev–Trinajstić information content (AvgIpc) is 3.42. The lowest BCUT2D eigenvalue weighted by Gasteiger charge is -2.21. The third-order valence-electron chi connectivity index (χ3n) is 7.92. The topological polar surface area (TPSA) is 127 Å². The molecular formula is C33H27F2N5O5S. The maximum Gasteiger partial charge on any atom is 0.263 e. The number of fused-ring (bicyclic) bond motifs is 2. The van der Waals surface area contributed by atoms with Gasteiger partial charge in [-0.1, -0.05) is 12.1 Å². The van der Waals surface area contributed by atoms with Crippen LogP contribution in [-0.2, 0) is 10.0 Å². The summed E-state index contributed by atoms with van der Waals surface area (Å²) in [6, 6.07) is 15.4. The van der Waals surface area contributed by atoms with Crippen LogP contribution >= 0.6 is 0 Å². The number of benzene rings is 3. The van der Waals surface area contributed by atoms with Crippen LogP contribution in [0, 0.1) is 11.6 Å². The molecule has 13 heteroatoms. The van der Waals surface area contributed by atoms with Crippen molar-refractivity contribution >= 4 is 43.6 Å². The number of hydrogen-bond donors (Lipinski definition) is 1. The standard InChI is InChI=1S/C33H27F2N5O5S/c1-18(19-5-9-22(34)10-6-19)40-17-38-31-26(33(40)42)13-21(16-37-31)24-14-25-28(15-27(24)39(3)46(4,43)44)45-30(29(25)32(41)36-2)20-7-11-23(35)12-8-20/h5-18H,1-4H3,(H,36,41)/t18-/m1/s1. The Hall–Kier alpha value is -5.43. The smallest absolute Gasteiger partial charge is 0.263 e. The molecule has 0 aliphatic carbocycles. The van der Waals surface area contributed by atoms with E-state index in [0.29, 0.717) is 27.6 Å². The predicted molar refractivity (Wildman–Crippen MR) is 171 cm³/mol. The Kier molecular flexibility index (Phi) is 7.64. The fraction of sp³-hybridized carbons (Fsp3) is 0.152. The largest absolute Gasteiger partial charge is 0.455 e. The van der Waals surface area contributed by atoms with Crippen LogP contribution in [0.25, 0.3) is 44.5 Å². The number of sulfonamides is 1. The quantitative estimate of drug-likeness (QED) is 0.243. The highest BCUT2D eigenvalue weighted by atomic mass is 32.2. The van der Waals surface area contributed by atoms with Crippen LogP contribution in [0.5, 0.6) is 0 Å². The van der Waals surface area contributed by atoms with Gasteiger partial charge in [0.25, 0.3) is 11.5 Å². The van der Waals surface area contributed by atoms with Crippen molar-refractivity contribution in [3.8, 4) is 22.5 Å². The van der Waals surface area contributed by atoms with Crippen molar-refractivity contribution in [1.29, 1.82) is 0 Å². The highest BCUT2D eigenvalue weighted by molar-refractivity contribution is 7.92. The van der Waals surface area contributed by atoms with E-state index in [1.54, 1.807) is 31.2 Å². The number of pyridine rings is 1. The van der Waals surface area contributed by atoms with Gasteiger partial charge in [0.2, 0.25) is 10.0 Å². The Morgan fingerprint density at radius 3 is 2.24 bits per heavy atom. The maximum absolute atomic E-state index is 13.8. The third kappa shape index (κ3) is 5.38. The van der Waals surface area contributed by atoms with Gasteiger partial charge in [-0.15, -0.1) is 0 Å². The lowest BCUT2D eigenvalue weighted by molar-refractivity contribution is 0.0964. The number of carbonyl (C=O) groups excluding carboxylic acids is 1. The first-order valence-electron chi connectivity index (χ1n) is 14.0. The number of carbonyl (C=O) groups is 1. The highest BCUT2D eigenvalue weighted by Crippen LogP contribution is 2.41. The number of aromatic nitrogens is 3. The average molecular weight is 644 g/mol. The van der Waals surface area contributed by atoms with E-state index >= 15 is 0 Å². The van der Waals surface area contributed by atoms with E-state index in [1.807, 2.05) is 0 Å². The van der Waals surface area contributed by atoms with Crippen LogP contribution in [0.4, 0.5) is 14.5 Å². The Bertz CT molecular complexity index is 2320. The number of rotatable bonds is 7. The zero-order valence-electron chi connectivity index (χ0n) is 25.1. The number of halogens is 2. The summed E-state index contributed by atoms with van der Waals surface area (Å²) in [7, 11) is -0.962. The molecule has 10 nitrogen and oxygen atoms in total. The molecule has 0 aliphatic heterocycles. The van der Waals surface area contributed by atoms with E-state index in [9.17, 15) is 26.8 Å².